The molecule has 9 heteroatoms. The normalized spacial score (nSPS) is 17.8. The molecule has 0 saturated heterocycles. The molecule has 0 bridgehead atoms. The van der Waals surface area contributed by atoms with Crippen molar-refractivity contribution in [2.24, 2.45) is 0 Å². The second kappa shape index (κ2) is 12.2. The Kier molecular flexibility index (Phi) is 8.84. The van der Waals surface area contributed by atoms with Crippen molar-refractivity contribution in [2.75, 3.05) is 32.7 Å². The fourth-order valence-corrected chi connectivity index (χ4v) is 4.62. The summed E-state index contributed by atoms with van der Waals surface area (Å²) in [6.07, 6.45) is 2.13. The third-order valence-electron chi connectivity index (χ3n) is 6.53. The fourth-order valence-electron chi connectivity index (χ4n) is 4.62. The Morgan fingerprint density at radius 1 is 0.743 bits per heavy atom. The first-order valence-corrected chi connectivity index (χ1v) is 12.4. The lowest BCUT2D eigenvalue weighted by atomic mass is 10.1. The van der Waals surface area contributed by atoms with Gasteiger partial charge in [0, 0.05) is 24.2 Å². The Morgan fingerprint density at radius 3 is 1.94 bits per heavy atom. The maximum atomic E-state index is 12.5. The summed E-state index contributed by atoms with van der Waals surface area (Å²) in [6.45, 7) is 4.38. The van der Waals surface area contributed by atoms with Gasteiger partial charge < -0.3 is 25.8 Å². The van der Waals surface area contributed by atoms with E-state index in [4.69, 9.17) is 0 Å². The minimum atomic E-state index is -0.745. The number of aliphatic hydroxyl groups excluding tert-OH is 2. The third-order valence-corrected chi connectivity index (χ3v) is 6.53. The summed E-state index contributed by atoms with van der Waals surface area (Å²) >= 11 is 0. The van der Waals surface area contributed by atoms with E-state index in [0.29, 0.717) is 30.4 Å². The van der Waals surface area contributed by atoms with Gasteiger partial charge >= 0.3 is 5.69 Å². The van der Waals surface area contributed by atoms with Crippen LogP contribution < -0.4 is 21.9 Å². The first-order valence-electron chi connectivity index (χ1n) is 12.4. The molecule has 2 unspecified atom stereocenters. The number of hydrogen-bond acceptors (Lipinski definition) is 7. The van der Waals surface area contributed by atoms with Gasteiger partial charge in [-0.15, -0.1) is 0 Å². The summed E-state index contributed by atoms with van der Waals surface area (Å²) in [5, 5.41) is 28.1. The van der Waals surface area contributed by atoms with E-state index in [1.165, 1.54) is 4.57 Å². The molecule has 3 aromatic rings. The number of nitrogens with one attached hydrogen (secondary N) is 3. The number of benzene rings is 2. The highest BCUT2D eigenvalue weighted by atomic mass is 16.3. The van der Waals surface area contributed by atoms with E-state index in [9.17, 15) is 19.8 Å². The Bertz CT molecular complexity index is 1200. The Balaban J connectivity index is 1.03. The topological polar surface area (TPSA) is 123 Å². The zero-order chi connectivity index (χ0) is 24.6. The van der Waals surface area contributed by atoms with Crippen molar-refractivity contribution in [3.8, 4) is 0 Å². The molecule has 1 aliphatic heterocycles. The van der Waals surface area contributed by atoms with Crippen molar-refractivity contribution in [3.63, 3.8) is 0 Å². The highest BCUT2D eigenvalue weighted by Crippen LogP contribution is 2.38. The van der Waals surface area contributed by atoms with Gasteiger partial charge in [-0.2, -0.15) is 0 Å². The molecule has 2 atom stereocenters. The average Bonchev–Trinajstić information content (AvgIpc) is 3.11. The van der Waals surface area contributed by atoms with Crippen molar-refractivity contribution in [2.45, 2.75) is 44.7 Å². The van der Waals surface area contributed by atoms with E-state index in [1.807, 2.05) is 24.3 Å². The van der Waals surface area contributed by atoms with Gasteiger partial charge in [-0.3, -0.25) is 9.36 Å². The van der Waals surface area contributed by atoms with Crippen LogP contribution in [-0.4, -0.2) is 57.4 Å². The van der Waals surface area contributed by atoms with Crippen LogP contribution in [0.3, 0.4) is 0 Å². The lowest BCUT2D eigenvalue weighted by molar-refractivity contribution is -0.0844. The average molecular weight is 482 g/mol. The Morgan fingerprint density at radius 2 is 1.29 bits per heavy atom. The van der Waals surface area contributed by atoms with Gasteiger partial charge in [0.2, 0.25) is 0 Å². The van der Waals surface area contributed by atoms with Crippen LogP contribution in [0.5, 0.6) is 0 Å². The lowest BCUT2D eigenvalue weighted by Gasteiger charge is -2.24. The highest BCUT2D eigenvalue weighted by molar-refractivity contribution is 5.76. The molecule has 1 aromatic heterocycles. The van der Waals surface area contributed by atoms with Gasteiger partial charge in [0.25, 0.3) is 5.56 Å². The first kappa shape index (κ1) is 25.3. The van der Waals surface area contributed by atoms with Crippen molar-refractivity contribution in [1.82, 2.24) is 25.1 Å². The number of para-hydroxylation sites is 1. The molecular weight excluding hydrogens is 446 g/mol. The summed E-state index contributed by atoms with van der Waals surface area (Å²) in [6, 6.07) is 14.5. The molecule has 2 heterocycles. The van der Waals surface area contributed by atoms with Crippen molar-refractivity contribution >= 4 is 10.9 Å². The third kappa shape index (κ3) is 6.06. The van der Waals surface area contributed by atoms with Crippen molar-refractivity contribution < 1.29 is 10.2 Å². The first-order chi connectivity index (χ1) is 17.1. The maximum Gasteiger partial charge on any atom is 0.328 e. The molecule has 0 spiro atoms. The molecule has 0 radical (unpaired) electrons. The summed E-state index contributed by atoms with van der Waals surface area (Å²) in [7, 11) is 0. The van der Waals surface area contributed by atoms with E-state index in [-0.39, 0.29) is 11.2 Å². The minimum Gasteiger partial charge on any atom is -0.374 e. The molecular formula is C26H35N5O4. The van der Waals surface area contributed by atoms with Gasteiger partial charge in [-0.25, -0.2) is 9.69 Å². The summed E-state index contributed by atoms with van der Waals surface area (Å²) in [5.41, 5.74) is 1.54. The van der Waals surface area contributed by atoms with E-state index in [2.05, 4.69) is 15.6 Å². The number of nitrogens with zero attached hydrogens (tertiary/aromatic N) is 2. The fraction of sp³-hybridized carbons (Fsp3) is 0.462. The van der Waals surface area contributed by atoms with Crippen LogP contribution in [0.4, 0.5) is 0 Å². The van der Waals surface area contributed by atoms with Crippen LogP contribution in [0.1, 0.15) is 49.3 Å². The summed E-state index contributed by atoms with van der Waals surface area (Å²) in [4.78, 5) is 29.2. The van der Waals surface area contributed by atoms with E-state index in [0.717, 1.165) is 56.6 Å². The number of aliphatic hydroxyl groups is 2. The van der Waals surface area contributed by atoms with E-state index < -0.39 is 12.5 Å². The smallest absolute Gasteiger partial charge is 0.328 e. The predicted molar refractivity (Wildman–Crippen MR) is 136 cm³/mol. The molecule has 188 valence electrons. The molecule has 0 saturated carbocycles. The number of aromatic nitrogens is 2. The number of hydrogen-bond donors (Lipinski definition) is 5. The summed E-state index contributed by atoms with van der Waals surface area (Å²) < 4.78 is 1.27. The predicted octanol–water partition coefficient (Wildman–Crippen LogP) is 1.43. The van der Waals surface area contributed by atoms with Crippen molar-refractivity contribution in [3.05, 3.63) is 80.5 Å². The lowest BCUT2D eigenvalue weighted by Crippen LogP contribution is -2.35. The standard InChI is InChI=1S/C26H35N5O4/c32-23-19-9-1-2-10-20(19)24(33)30(23)17-7-15-27-13-5-6-14-28-16-8-18-31-25(34)21-11-3-4-12-22(21)29-26(31)35/h1-4,9-12,23-24,27-28,32-33H,5-8,13-18H2,(H,29,35). The van der Waals surface area contributed by atoms with E-state index in [1.54, 1.807) is 29.2 Å². The minimum absolute atomic E-state index is 0.242. The zero-order valence-electron chi connectivity index (χ0n) is 19.9. The molecule has 5 N–H and O–H groups in total. The van der Waals surface area contributed by atoms with Gasteiger partial charge in [-0.1, -0.05) is 36.4 Å². The van der Waals surface area contributed by atoms with Gasteiger partial charge in [0.15, 0.2) is 0 Å². The molecule has 9 nitrogen and oxygen atoms in total. The molecule has 0 aliphatic carbocycles. The van der Waals surface area contributed by atoms with Crippen LogP contribution in [0.25, 0.3) is 10.9 Å². The monoisotopic (exact) mass is 481 g/mol. The van der Waals surface area contributed by atoms with E-state index >= 15 is 0 Å². The number of unbranched alkanes of at least 4 members (excludes halogenated alkanes) is 1. The van der Waals surface area contributed by atoms with Crippen LogP contribution in [0.2, 0.25) is 0 Å². The second-order valence-corrected chi connectivity index (χ2v) is 8.96. The van der Waals surface area contributed by atoms with Crippen LogP contribution in [0, 0.1) is 0 Å². The Hall–Kier alpha value is -2.82. The van der Waals surface area contributed by atoms with Crippen LogP contribution in [0.15, 0.2) is 58.1 Å². The van der Waals surface area contributed by atoms with Crippen LogP contribution in [-0.2, 0) is 6.54 Å². The van der Waals surface area contributed by atoms with Gasteiger partial charge in [-0.05, 0) is 64.0 Å². The molecule has 1 aliphatic rings. The molecule has 35 heavy (non-hydrogen) atoms. The Labute approximate surface area is 204 Å². The van der Waals surface area contributed by atoms with Crippen molar-refractivity contribution in [1.29, 1.82) is 0 Å². The molecule has 0 amide bonds. The van der Waals surface area contributed by atoms with Gasteiger partial charge in [0.05, 0.1) is 10.9 Å². The number of aromatic amines is 1. The number of fused-ring (bicyclic) bond motifs is 2. The quantitative estimate of drug-likeness (QED) is 0.234. The number of rotatable bonds is 13. The molecule has 4 rings (SSSR count). The largest absolute Gasteiger partial charge is 0.374 e. The SMILES string of the molecule is O=c1[nH]c2ccccc2c(=O)n1CCCNCCCCNCCCN1C(O)c2ccccc2C1O. The molecule has 2 aromatic carbocycles. The van der Waals surface area contributed by atoms with Crippen LogP contribution >= 0.6 is 0 Å². The van der Waals surface area contributed by atoms with Gasteiger partial charge in [0.1, 0.15) is 12.5 Å². The molecule has 0 fully saturated rings. The highest BCUT2D eigenvalue weighted by Gasteiger charge is 2.35. The number of H-pyrrole nitrogens is 1. The zero-order valence-corrected chi connectivity index (χ0v) is 19.9. The maximum absolute atomic E-state index is 12.5. The summed E-state index contributed by atoms with van der Waals surface area (Å²) in [5.74, 6) is 0. The second-order valence-electron chi connectivity index (χ2n) is 8.96.